The third kappa shape index (κ3) is 3.85. The van der Waals surface area contributed by atoms with Crippen LogP contribution in [0.2, 0.25) is 5.02 Å². The van der Waals surface area contributed by atoms with Crippen LogP contribution in [0.25, 0.3) is 0 Å². The molecule has 1 aromatic rings. The molecular formula is C15H22ClNO2. The molecule has 1 aliphatic rings. The molecule has 106 valence electrons. The van der Waals surface area contributed by atoms with Crippen LogP contribution in [-0.4, -0.2) is 26.3 Å². The molecule has 2 rings (SSSR count). The van der Waals surface area contributed by atoms with E-state index in [1.54, 1.807) is 7.11 Å². The second-order valence-electron chi connectivity index (χ2n) is 4.99. The molecule has 4 heteroatoms. The van der Waals surface area contributed by atoms with Gasteiger partial charge < -0.3 is 14.8 Å². The van der Waals surface area contributed by atoms with Crippen molar-refractivity contribution in [2.45, 2.75) is 44.4 Å². The molecule has 0 saturated heterocycles. The maximum Gasteiger partial charge on any atom is 0.124 e. The number of rotatable bonds is 5. The van der Waals surface area contributed by atoms with Crippen molar-refractivity contribution in [3.63, 3.8) is 0 Å². The van der Waals surface area contributed by atoms with E-state index in [2.05, 4.69) is 5.32 Å². The molecule has 0 aliphatic heterocycles. The number of hydrogen-bond donors (Lipinski definition) is 1. The first-order valence-corrected chi connectivity index (χ1v) is 7.23. The Morgan fingerprint density at radius 2 is 2.11 bits per heavy atom. The molecule has 1 saturated carbocycles. The van der Waals surface area contributed by atoms with E-state index in [1.807, 2.05) is 25.2 Å². The van der Waals surface area contributed by atoms with Crippen LogP contribution in [0.3, 0.4) is 0 Å². The summed E-state index contributed by atoms with van der Waals surface area (Å²) in [6.07, 6.45) is 5.12. The number of ether oxygens (including phenoxy) is 2. The van der Waals surface area contributed by atoms with E-state index < -0.39 is 0 Å². The molecule has 0 bridgehead atoms. The van der Waals surface area contributed by atoms with Crippen molar-refractivity contribution in [3.05, 3.63) is 28.8 Å². The van der Waals surface area contributed by atoms with E-state index in [4.69, 9.17) is 21.1 Å². The van der Waals surface area contributed by atoms with Crippen molar-refractivity contribution in [2.75, 3.05) is 14.2 Å². The maximum absolute atomic E-state index is 6.07. The van der Waals surface area contributed by atoms with Gasteiger partial charge in [-0.05, 0) is 38.1 Å². The second-order valence-corrected chi connectivity index (χ2v) is 5.42. The Morgan fingerprint density at radius 1 is 1.32 bits per heavy atom. The van der Waals surface area contributed by atoms with Crippen LogP contribution >= 0.6 is 11.6 Å². The molecule has 0 amide bonds. The number of benzene rings is 1. The first kappa shape index (κ1) is 14.6. The van der Waals surface area contributed by atoms with Crippen LogP contribution in [0.1, 0.15) is 31.2 Å². The summed E-state index contributed by atoms with van der Waals surface area (Å²) < 4.78 is 11.4. The van der Waals surface area contributed by atoms with E-state index in [0.717, 1.165) is 17.7 Å². The van der Waals surface area contributed by atoms with Gasteiger partial charge in [0.2, 0.25) is 0 Å². The average Bonchev–Trinajstić information content (AvgIpc) is 2.45. The first-order valence-electron chi connectivity index (χ1n) is 6.86. The lowest BCUT2D eigenvalue weighted by Gasteiger charge is -2.31. The zero-order chi connectivity index (χ0) is 13.7. The summed E-state index contributed by atoms with van der Waals surface area (Å²) in [5, 5.41) is 4.06. The van der Waals surface area contributed by atoms with Crippen LogP contribution in [0, 0.1) is 0 Å². The molecule has 2 atom stereocenters. The highest BCUT2D eigenvalue weighted by molar-refractivity contribution is 6.30. The van der Waals surface area contributed by atoms with E-state index in [9.17, 15) is 0 Å². The summed E-state index contributed by atoms with van der Waals surface area (Å²) in [4.78, 5) is 0. The van der Waals surface area contributed by atoms with Gasteiger partial charge in [-0.15, -0.1) is 0 Å². The summed E-state index contributed by atoms with van der Waals surface area (Å²) in [6, 6.07) is 6.09. The van der Waals surface area contributed by atoms with Gasteiger partial charge in [0.1, 0.15) is 5.75 Å². The van der Waals surface area contributed by atoms with Gasteiger partial charge in [-0.1, -0.05) is 24.4 Å². The number of likely N-dealkylation sites (N-methyl/N-ethyl adjacent to an activating group) is 1. The fourth-order valence-electron chi connectivity index (χ4n) is 2.68. The standard InChI is InChI=1S/C15H22ClNO2/c1-17-13-5-3-4-6-15(13)19-10-11-9-12(16)7-8-14(11)18-2/h7-9,13,15,17H,3-6,10H2,1-2H3. The quantitative estimate of drug-likeness (QED) is 0.898. The zero-order valence-corrected chi connectivity index (χ0v) is 12.4. The molecule has 1 fully saturated rings. The SMILES string of the molecule is CNC1CCCCC1OCc1cc(Cl)ccc1OC. The van der Waals surface area contributed by atoms with E-state index >= 15 is 0 Å². The summed E-state index contributed by atoms with van der Waals surface area (Å²) >= 11 is 6.03. The van der Waals surface area contributed by atoms with Crippen LogP contribution in [0.4, 0.5) is 0 Å². The van der Waals surface area contributed by atoms with Crippen molar-refractivity contribution in [1.29, 1.82) is 0 Å². The van der Waals surface area contributed by atoms with Crippen molar-refractivity contribution >= 4 is 11.6 Å². The van der Waals surface area contributed by atoms with Gasteiger partial charge in [0.05, 0.1) is 19.8 Å². The molecule has 19 heavy (non-hydrogen) atoms. The largest absolute Gasteiger partial charge is 0.496 e. The van der Waals surface area contributed by atoms with E-state index in [-0.39, 0.29) is 6.10 Å². The molecule has 0 radical (unpaired) electrons. The lowest BCUT2D eigenvalue weighted by atomic mass is 9.92. The Balaban J connectivity index is 1.99. The van der Waals surface area contributed by atoms with Gasteiger partial charge >= 0.3 is 0 Å². The van der Waals surface area contributed by atoms with Crippen LogP contribution in [-0.2, 0) is 11.3 Å². The van der Waals surface area contributed by atoms with E-state index in [0.29, 0.717) is 17.7 Å². The summed E-state index contributed by atoms with van der Waals surface area (Å²) in [5.74, 6) is 0.834. The third-order valence-corrected chi connectivity index (χ3v) is 4.00. The lowest BCUT2D eigenvalue weighted by Crippen LogP contribution is -2.41. The monoisotopic (exact) mass is 283 g/mol. The van der Waals surface area contributed by atoms with Gasteiger partial charge in [-0.3, -0.25) is 0 Å². The smallest absolute Gasteiger partial charge is 0.124 e. The Hall–Kier alpha value is -0.770. The number of halogens is 1. The molecule has 0 spiro atoms. The van der Waals surface area contributed by atoms with Crippen molar-refractivity contribution < 1.29 is 9.47 Å². The molecule has 1 aliphatic carbocycles. The van der Waals surface area contributed by atoms with Gasteiger partial charge in [-0.2, -0.15) is 0 Å². The molecule has 1 aromatic carbocycles. The molecule has 1 N–H and O–H groups in total. The van der Waals surface area contributed by atoms with Crippen molar-refractivity contribution in [1.82, 2.24) is 5.32 Å². The topological polar surface area (TPSA) is 30.5 Å². The fraction of sp³-hybridized carbons (Fsp3) is 0.600. The molecule has 0 aromatic heterocycles. The molecule has 2 unspecified atom stereocenters. The Bertz CT molecular complexity index is 411. The maximum atomic E-state index is 6.07. The van der Waals surface area contributed by atoms with Crippen molar-refractivity contribution in [2.24, 2.45) is 0 Å². The summed E-state index contributed by atoms with van der Waals surface area (Å²) in [5.41, 5.74) is 1.01. The minimum Gasteiger partial charge on any atom is -0.496 e. The normalized spacial score (nSPS) is 23.3. The Kier molecular flexibility index (Phi) is 5.49. The van der Waals surface area contributed by atoms with Gasteiger partial charge in [0, 0.05) is 16.6 Å². The predicted molar refractivity (Wildman–Crippen MR) is 77.9 cm³/mol. The van der Waals surface area contributed by atoms with Gasteiger partial charge in [0.25, 0.3) is 0 Å². The highest BCUT2D eigenvalue weighted by Gasteiger charge is 2.24. The van der Waals surface area contributed by atoms with Crippen LogP contribution in [0.5, 0.6) is 5.75 Å². The highest BCUT2D eigenvalue weighted by Crippen LogP contribution is 2.26. The molecule has 0 heterocycles. The minimum atomic E-state index is 0.280. The van der Waals surface area contributed by atoms with Gasteiger partial charge in [0.15, 0.2) is 0 Å². The molecular weight excluding hydrogens is 262 g/mol. The molecule has 3 nitrogen and oxygen atoms in total. The van der Waals surface area contributed by atoms with Crippen LogP contribution < -0.4 is 10.1 Å². The second kappa shape index (κ2) is 7.13. The summed E-state index contributed by atoms with van der Waals surface area (Å²) in [7, 11) is 3.68. The fourth-order valence-corrected chi connectivity index (χ4v) is 2.88. The zero-order valence-electron chi connectivity index (χ0n) is 11.6. The Labute approximate surface area is 120 Å². The number of nitrogens with one attached hydrogen (secondary N) is 1. The van der Waals surface area contributed by atoms with Crippen molar-refractivity contribution in [3.8, 4) is 5.75 Å². The first-order chi connectivity index (χ1) is 9.24. The third-order valence-electron chi connectivity index (χ3n) is 3.77. The lowest BCUT2D eigenvalue weighted by molar-refractivity contribution is -0.00428. The van der Waals surface area contributed by atoms with Gasteiger partial charge in [-0.25, -0.2) is 0 Å². The average molecular weight is 284 g/mol. The Morgan fingerprint density at radius 3 is 2.84 bits per heavy atom. The van der Waals surface area contributed by atoms with Crippen LogP contribution in [0.15, 0.2) is 18.2 Å². The summed E-state index contributed by atoms with van der Waals surface area (Å²) in [6.45, 7) is 0.548. The highest BCUT2D eigenvalue weighted by atomic mass is 35.5. The number of hydrogen-bond acceptors (Lipinski definition) is 3. The predicted octanol–water partition coefficient (Wildman–Crippen LogP) is 3.40. The van der Waals surface area contributed by atoms with E-state index in [1.165, 1.54) is 19.3 Å². The minimum absolute atomic E-state index is 0.280. The number of methoxy groups -OCH3 is 1.